The summed E-state index contributed by atoms with van der Waals surface area (Å²) in [4.78, 5) is 43.5. The summed E-state index contributed by atoms with van der Waals surface area (Å²) in [5.74, 6) is -0.320. The minimum atomic E-state index is -0.309. The van der Waals surface area contributed by atoms with Crippen molar-refractivity contribution in [2.45, 2.75) is 39.4 Å². The predicted octanol–water partition coefficient (Wildman–Crippen LogP) is 1.78. The van der Waals surface area contributed by atoms with Crippen LogP contribution in [0.4, 0.5) is 0 Å². The van der Waals surface area contributed by atoms with Gasteiger partial charge in [-0.05, 0) is 13.3 Å². The molecule has 0 bridgehead atoms. The number of hydrogen-bond acceptors (Lipinski definition) is 5. The topological polar surface area (TPSA) is 89.2 Å². The van der Waals surface area contributed by atoms with Gasteiger partial charge in [-0.1, -0.05) is 37.3 Å². The van der Waals surface area contributed by atoms with E-state index in [9.17, 15) is 14.4 Å². The van der Waals surface area contributed by atoms with E-state index in [-0.39, 0.29) is 36.5 Å². The van der Waals surface area contributed by atoms with Crippen LogP contribution in [0.25, 0.3) is 16.9 Å². The summed E-state index contributed by atoms with van der Waals surface area (Å²) in [5, 5.41) is 4.56. The van der Waals surface area contributed by atoms with Gasteiger partial charge in [-0.3, -0.25) is 14.4 Å². The van der Waals surface area contributed by atoms with Crippen LogP contribution in [0.3, 0.4) is 0 Å². The number of hydrogen-bond donors (Lipinski definition) is 0. The van der Waals surface area contributed by atoms with E-state index >= 15 is 0 Å². The van der Waals surface area contributed by atoms with Crippen molar-refractivity contribution in [1.29, 1.82) is 0 Å². The van der Waals surface area contributed by atoms with Crippen LogP contribution in [-0.4, -0.2) is 68.1 Å². The second-order valence-corrected chi connectivity index (χ2v) is 8.57. The van der Waals surface area contributed by atoms with E-state index in [2.05, 4.69) is 5.10 Å². The zero-order chi connectivity index (χ0) is 23.1. The lowest BCUT2D eigenvalue weighted by molar-refractivity contribution is -0.135. The fraction of sp³-hybridized carbons (Fsp3) is 0.417. The van der Waals surface area contributed by atoms with Crippen molar-refractivity contribution in [2.24, 2.45) is 0 Å². The normalized spacial score (nSPS) is 17.0. The Labute approximate surface area is 191 Å². The maximum atomic E-state index is 13.4. The molecule has 0 aliphatic carbocycles. The molecule has 1 atom stereocenters. The molecule has 2 aliphatic rings. The molecule has 0 radical (unpaired) electrons. The van der Waals surface area contributed by atoms with Crippen molar-refractivity contribution >= 4 is 17.5 Å². The van der Waals surface area contributed by atoms with Crippen LogP contribution >= 0.6 is 0 Å². The number of ether oxygens (including phenoxy) is 1. The van der Waals surface area contributed by atoms with Gasteiger partial charge in [0, 0.05) is 30.8 Å². The minimum Gasteiger partial charge on any atom is -0.378 e. The molecule has 2 amide bonds. The number of amides is 2. The van der Waals surface area contributed by atoms with Crippen LogP contribution in [0.2, 0.25) is 0 Å². The molecule has 1 aromatic carbocycles. The highest BCUT2D eigenvalue weighted by Gasteiger charge is 2.37. The summed E-state index contributed by atoms with van der Waals surface area (Å²) in [6, 6.07) is 11.3. The van der Waals surface area contributed by atoms with Gasteiger partial charge in [0.15, 0.2) is 0 Å². The number of carbonyl (C=O) groups is 2. The maximum absolute atomic E-state index is 13.4. The molecule has 1 fully saturated rings. The third-order valence-electron chi connectivity index (χ3n) is 6.61. The van der Waals surface area contributed by atoms with Gasteiger partial charge in [0.2, 0.25) is 5.91 Å². The molecule has 0 saturated carbocycles. The molecule has 5 rings (SSSR count). The molecule has 0 spiro atoms. The van der Waals surface area contributed by atoms with E-state index in [0.29, 0.717) is 48.9 Å². The predicted molar refractivity (Wildman–Crippen MR) is 122 cm³/mol. The number of nitrogens with zero attached hydrogens (tertiary/aromatic N) is 5. The quantitative estimate of drug-likeness (QED) is 0.592. The molecule has 2 aliphatic heterocycles. The maximum Gasteiger partial charge on any atom is 0.280 e. The Bertz CT molecular complexity index is 1270. The summed E-state index contributed by atoms with van der Waals surface area (Å²) in [5.41, 5.74) is 2.31. The summed E-state index contributed by atoms with van der Waals surface area (Å²) in [7, 11) is 0. The Balaban J connectivity index is 1.66. The summed E-state index contributed by atoms with van der Waals surface area (Å²) in [6.07, 6.45) is 0.774. The minimum absolute atomic E-state index is 0.0140. The lowest BCUT2D eigenvalue weighted by atomic mass is 10.1. The lowest BCUT2D eigenvalue weighted by Crippen LogP contribution is -2.43. The van der Waals surface area contributed by atoms with Gasteiger partial charge in [-0.25, -0.2) is 0 Å². The molecule has 1 saturated heterocycles. The van der Waals surface area contributed by atoms with Gasteiger partial charge in [0.1, 0.15) is 17.9 Å². The lowest BCUT2D eigenvalue weighted by Gasteiger charge is -2.27. The van der Waals surface area contributed by atoms with Crippen LogP contribution in [-0.2, 0) is 22.6 Å². The zero-order valence-electron chi connectivity index (χ0n) is 18.9. The van der Waals surface area contributed by atoms with Crippen LogP contribution in [0, 0.1) is 0 Å². The first-order chi connectivity index (χ1) is 16.0. The summed E-state index contributed by atoms with van der Waals surface area (Å²) >= 11 is 0. The SMILES string of the molecule is CC[C@@H](C)N1Cc2c(n(CC(=O)N3CCOCC3)c3cc(-c4ccccc4)nn3c2=O)C1=O. The average Bonchev–Trinajstić information content (AvgIpc) is 3.45. The molecule has 3 aromatic rings. The Morgan fingerprint density at radius 3 is 2.58 bits per heavy atom. The van der Waals surface area contributed by atoms with Crippen LogP contribution in [0.1, 0.15) is 36.3 Å². The molecule has 33 heavy (non-hydrogen) atoms. The van der Waals surface area contributed by atoms with E-state index in [4.69, 9.17) is 4.74 Å². The number of morpholine rings is 1. The molecular weight excluding hydrogens is 422 g/mol. The third-order valence-corrected chi connectivity index (χ3v) is 6.61. The van der Waals surface area contributed by atoms with Gasteiger partial charge < -0.3 is 19.1 Å². The van der Waals surface area contributed by atoms with Crippen LogP contribution in [0.5, 0.6) is 0 Å². The number of fused-ring (bicyclic) bond motifs is 2. The second-order valence-electron chi connectivity index (χ2n) is 8.57. The van der Waals surface area contributed by atoms with Gasteiger partial charge in [0.25, 0.3) is 11.5 Å². The molecule has 9 nitrogen and oxygen atoms in total. The Morgan fingerprint density at radius 2 is 1.88 bits per heavy atom. The average molecular weight is 450 g/mol. The molecular formula is C24H27N5O4. The van der Waals surface area contributed by atoms with Crippen molar-refractivity contribution in [3.8, 4) is 11.3 Å². The van der Waals surface area contributed by atoms with E-state index in [1.54, 1.807) is 20.4 Å². The smallest absolute Gasteiger partial charge is 0.280 e. The first-order valence-electron chi connectivity index (χ1n) is 11.4. The fourth-order valence-corrected chi connectivity index (χ4v) is 4.52. The first kappa shape index (κ1) is 21.4. The van der Waals surface area contributed by atoms with Crippen LogP contribution in [0.15, 0.2) is 41.2 Å². The third kappa shape index (κ3) is 3.62. The monoisotopic (exact) mass is 449 g/mol. The summed E-state index contributed by atoms with van der Waals surface area (Å²) < 4.78 is 8.38. The van der Waals surface area contributed by atoms with Crippen molar-refractivity contribution in [3.05, 3.63) is 58.0 Å². The second kappa shape index (κ2) is 8.47. The molecule has 4 heterocycles. The van der Waals surface area contributed by atoms with Gasteiger partial charge in [0.05, 0.1) is 31.0 Å². The summed E-state index contributed by atoms with van der Waals surface area (Å²) in [6.45, 7) is 6.18. The standard InChI is InChI=1S/C24H27N5O4/c1-3-16(2)27-14-18-22(24(27)32)28(15-21(30)26-9-11-33-12-10-26)20-13-19(25-29(20)23(18)31)17-7-5-4-6-8-17/h4-8,13,16H,3,9-12,14-15H2,1-2H3/t16-/m1/s1. The Morgan fingerprint density at radius 1 is 1.15 bits per heavy atom. The van der Waals surface area contributed by atoms with E-state index < -0.39 is 0 Å². The molecule has 0 unspecified atom stereocenters. The van der Waals surface area contributed by atoms with E-state index in [1.807, 2.05) is 44.2 Å². The molecule has 0 N–H and O–H groups in total. The number of carbonyl (C=O) groups excluding carboxylic acids is 2. The number of rotatable bonds is 5. The largest absolute Gasteiger partial charge is 0.378 e. The highest BCUT2D eigenvalue weighted by molar-refractivity contribution is 5.98. The van der Waals surface area contributed by atoms with Gasteiger partial charge in [-0.2, -0.15) is 9.61 Å². The van der Waals surface area contributed by atoms with Crippen molar-refractivity contribution in [3.63, 3.8) is 0 Å². The molecule has 172 valence electrons. The van der Waals surface area contributed by atoms with Crippen molar-refractivity contribution in [1.82, 2.24) is 24.0 Å². The zero-order valence-corrected chi connectivity index (χ0v) is 18.9. The highest BCUT2D eigenvalue weighted by atomic mass is 16.5. The Hall–Kier alpha value is -3.46. The van der Waals surface area contributed by atoms with Crippen LogP contribution < -0.4 is 5.56 Å². The molecule has 2 aromatic heterocycles. The van der Waals surface area contributed by atoms with Gasteiger partial charge >= 0.3 is 0 Å². The highest BCUT2D eigenvalue weighted by Crippen LogP contribution is 2.27. The first-order valence-corrected chi connectivity index (χ1v) is 11.4. The van der Waals surface area contributed by atoms with Crippen molar-refractivity contribution in [2.75, 3.05) is 26.3 Å². The fourth-order valence-electron chi connectivity index (χ4n) is 4.52. The van der Waals surface area contributed by atoms with E-state index in [1.165, 1.54) is 4.52 Å². The van der Waals surface area contributed by atoms with Gasteiger partial charge in [-0.15, -0.1) is 0 Å². The number of benzene rings is 1. The van der Waals surface area contributed by atoms with E-state index in [0.717, 1.165) is 12.0 Å². The molecule has 9 heteroatoms. The number of aromatic nitrogens is 3. The van der Waals surface area contributed by atoms with Crippen molar-refractivity contribution < 1.29 is 14.3 Å². The Kier molecular flexibility index (Phi) is 5.49.